The number of rotatable bonds is 44. The largest absolute Gasteiger partial charge is 0.756 e. The highest BCUT2D eigenvalue weighted by molar-refractivity contribution is 7.45. The molecule has 0 aliphatic rings. The van der Waals surface area contributed by atoms with E-state index in [-0.39, 0.29) is 12.5 Å². The summed E-state index contributed by atoms with van der Waals surface area (Å²) in [6.45, 7) is 4.60. The number of quaternary nitrogens is 1. The number of unbranched alkanes of at least 4 members (excludes halogenated alkanes) is 25. The number of hydrogen-bond acceptors (Lipinski definition) is 6. The van der Waals surface area contributed by atoms with Gasteiger partial charge in [0.1, 0.15) is 13.2 Å². The highest BCUT2D eigenvalue weighted by atomic mass is 31.2. The van der Waals surface area contributed by atoms with Crippen LogP contribution in [0.3, 0.4) is 0 Å². The van der Waals surface area contributed by atoms with Crippen molar-refractivity contribution in [1.82, 2.24) is 5.32 Å². The van der Waals surface area contributed by atoms with Crippen LogP contribution in [0.2, 0.25) is 0 Å². The SMILES string of the molecule is CCCCCCC/C=C\CCCCCCCC(=O)NC(COP(=O)([O-])OCC[N+](C)(C)C)C(O)/C=C/CC/C=C/CC/C=C/CCCCCCCCCCCCCCC. The average Bonchev–Trinajstić information content (AvgIpc) is 3.19. The Labute approximate surface area is 365 Å². The minimum atomic E-state index is -4.60. The van der Waals surface area contributed by atoms with Crippen LogP contribution in [-0.4, -0.2) is 68.5 Å². The summed E-state index contributed by atoms with van der Waals surface area (Å²) in [6.07, 6.45) is 53.1. The van der Waals surface area contributed by atoms with Gasteiger partial charge < -0.3 is 28.8 Å². The lowest BCUT2D eigenvalue weighted by molar-refractivity contribution is -0.870. The zero-order valence-corrected chi connectivity index (χ0v) is 40.1. The number of likely N-dealkylation sites (N-methyl/N-ethyl adjacent to an activating group) is 1. The van der Waals surface area contributed by atoms with Gasteiger partial charge in [-0.3, -0.25) is 9.36 Å². The summed E-state index contributed by atoms with van der Waals surface area (Å²) in [5.74, 6) is -0.221. The molecule has 0 saturated heterocycles. The molecule has 8 nitrogen and oxygen atoms in total. The third kappa shape index (κ3) is 44.3. The van der Waals surface area contributed by atoms with Gasteiger partial charge in [-0.05, 0) is 70.6 Å². The Morgan fingerprint density at radius 1 is 0.576 bits per heavy atom. The first-order valence-electron chi connectivity index (χ1n) is 24.5. The molecule has 0 aliphatic heterocycles. The molecule has 1 amide bonds. The van der Waals surface area contributed by atoms with Crippen LogP contribution < -0.4 is 10.2 Å². The van der Waals surface area contributed by atoms with E-state index in [2.05, 4.69) is 55.6 Å². The summed E-state index contributed by atoms with van der Waals surface area (Å²) < 4.78 is 23.2. The highest BCUT2D eigenvalue weighted by Gasteiger charge is 2.23. The standard InChI is InChI=1S/C50H95N2O6P/c1-6-8-10-12-14-16-18-20-22-23-24-25-26-27-28-29-30-31-33-35-37-39-41-43-49(53)48(47-58-59(55,56)57-46-45-52(3,4)5)51-50(54)44-42-40-38-36-34-32-21-19-17-15-13-11-9-7-2/h19,21,28-29,33,35,41,43,48-49,53H,6-18,20,22-27,30-32,34,36-40,42,44-47H2,1-5H3,(H-,51,54,55,56)/b21-19-,29-28+,35-33+,43-41+. The van der Waals surface area contributed by atoms with E-state index in [1.54, 1.807) is 6.08 Å². The molecule has 0 aliphatic carbocycles. The molecule has 0 heterocycles. The van der Waals surface area contributed by atoms with Crippen molar-refractivity contribution in [3.05, 3.63) is 48.6 Å². The number of nitrogens with zero attached hydrogens (tertiary/aromatic N) is 1. The van der Waals surface area contributed by atoms with Gasteiger partial charge in [-0.25, -0.2) is 0 Å². The molecule has 0 aromatic carbocycles. The number of aliphatic hydroxyl groups is 1. The van der Waals surface area contributed by atoms with Crippen LogP contribution in [0.4, 0.5) is 0 Å². The summed E-state index contributed by atoms with van der Waals surface area (Å²) in [6, 6.07) is -0.913. The van der Waals surface area contributed by atoms with E-state index in [0.29, 0.717) is 17.4 Å². The molecule has 3 atom stereocenters. The van der Waals surface area contributed by atoms with Crippen molar-refractivity contribution in [1.29, 1.82) is 0 Å². The van der Waals surface area contributed by atoms with E-state index < -0.39 is 26.6 Å². The zero-order valence-electron chi connectivity index (χ0n) is 39.2. The molecular weight excluding hydrogens is 756 g/mol. The first-order chi connectivity index (χ1) is 28.5. The number of phosphoric acid groups is 1. The third-order valence-corrected chi connectivity index (χ3v) is 11.7. The maximum absolute atomic E-state index is 12.9. The normalized spacial score (nSPS) is 14.6. The number of aliphatic hydroxyl groups excluding tert-OH is 1. The fourth-order valence-electron chi connectivity index (χ4n) is 6.83. The molecule has 0 fully saturated rings. The van der Waals surface area contributed by atoms with Crippen LogP contribution in [0.15, 0.2) is 48.6 Å². The second-order valence-electron chi connectivity index (χ2n) is 17.8. The van der Waals surface area contributed by atoms with Crippen molar-refractivity contribution >= 4 is 13.7 Å². The van der Waals surface area contributed by atoms with E-state index in [1.165, 1.54) is 128 Å². The van der Waals surface area contributed by atoms with Gasteiger partial charge in [0.15, 0.2) is 0 Å². The van der Waals surface area contributed by atoms with E-state index in [0.717, 1.165) is 64.2 Å². The zero-order chi connectivity index (χ0) is 43.6. The van der Waals surface area contributed by atoms with Gasteiger partial charge in [0.05, 0.1) is 39.9 Å². The molecule has 59 heavy (non-hydrogen) atoms. The first-order valence-corrected chi connectivity index (χ1v) is 26.0. The number of phosphoric ester groups is 1. The predicted molar refractivity (Wildman–Crippen MR) is 251 cm³/mol. The van der Waals surface area contributed by atoms with E-state index in [1.807, 2.05) is 27.2 Å². The number of amides is 1. The van der Waals surface area contributed by atoms with Gasteiger partial charge in [-0.2, -0.15) is 0 Å². The van der Waals surface area contributed by atoms with Crippen molar-refractivity contribution in [3.8, 4) is 0 Å². The highest BCUT2D eigenvalue weighted by Crippen LogP contribution is 2.38. The average molecular weight is 851 g/mol. The van der Waals surface area contributed by atoms with Crippen molar-refractivity contribution in [3.63, 3.8) is 0 Å². The summed E-state index contributed by atoms with van der Waals surface area (Å²) in [5.41, 5.74) is 0. The van der Waals surface area contributed by atoms with E-state index in [4.69, 9.17) is 9.05 Å². The third-order valence-electron chi connectivity index (χ3n) is 10.7. The van der Waals surface area contributed by atoms with Gasteiger partial charge in [-0.1, -0.05) is 184 Å². The second-order valence-corrected chi connectivity index (χ2v) is 19.2. The number of nitrogens with one attached hydrogen (secondary N) is 1. The lowest BCUT2D eigenvalue weighted by atomic mass is 10.0. The lowest BCUT2D eigenvalue weighted by Gasteiger charge is -2.29. The Morgan fingerprint density at radius 3 is 1.37 bits per heavy atom. The van der Waals surface area contributed by atoms with Crippen LogP contribution in [0.5, 0.6) is 0 Å². The molecule has 0 saturated carbocycles. The van der Waals surface area contributed by atoms with Gasteiger partial charge in [0.25, 0.3) is 7.82 Å². The van der Waals surface area contributed by atoms with Crippen LogP contribution in [0, 0.1) is 0 Å². The van der Waals surface area contributed by atoms with E-state index >= 15 is 0 Å². The molecule has 0 rings (SSSR count). The molecule has 346 valence electrons. The number of allylic oxidation sites excluding steroid dienone is 7. The van der Waals surface area contributed by atoms with Crippen molar-refractivity contribution in [2.45, 2.75) is 225 Å². The van der Waals surface area contributed by atoms with Gasteiger partial charge in [0.2, 0.25) is 5.91 Å². The molecule has 0 spiro atoms. The first kappa shape index (κ1) is 57.5. The number of carbonyl (C=O) groups is 1. The molecular formula is C50H95N2O6P. The van der Waals surface area contributed by atoms with Crippen LogP contribution in [-0.2, 0) is 18.4 Å². The number of hydrogen-bond donors (Lipinski definition) is 2. The molecule has 0 bridgehead atoms. The number of carbonyl (C=O) groups excluding carboxylic acids is 1. The van der Waals surface area contributed by atoms with Crippen LogP contribution in [0.25, 0.3) is 0 Å². The maximum Gasteiger partial charge on any atom is 0.268 e. The quantitative estimate of drug-likeness (QED) is 0.0274. The van der Waals surface area contributed by atoms with Crippen molar-refractivity contribution in [2.24, 2.45) is 0 Å². The Kier molecular flexibility index (Phi) is 40.7. The Morgan fingerprint density at radius 2 is 0.949 bits per heavy atom. The Hall–Kier alpha value is -1.54. The summed E-state index contributed by atoms with van der Waals surface area (Å²) >= 11 is 0. The lowest BCUT2D eigenvalue weighted by Crippen LogP contribution is -2.45. The molecule has 0 radical (unpaired) electrons. The fraction of sp³-hybridized carbons (Fsp3) is 0.820. The smallest absolute Gasteiger partial charge is 0.268 e. The van der Waals surface area contributed by atoms with Gasteiger partial charge >= 0.3 is 0 Å². The minimum absolute atomic E-state index is 0.0114. The minimum Gasteiger partial charge on any atom is -0.756 e. The Bertz CT molecular complexity index is 1100. The van der Waals surface area contributed by atoms with Crippen molar-refractivity contribution < 1.29 is 32.9 Å². The molecule has 2 N–H and O–H groups in total. The molecule has 0 aromatic rings. The maximum atomic E-state index is 12.9. The van der Waals surface area contributed by atoms with Crippen LogP contribution in [0.1, 0.15) is 213 Å². The summed E-state index contributed by atoms with van der Waals surface area (Å²) in [7, 11) is 1.23. The van der Waals surface area contributed by atoms with Crippen molar-refractivity contribution in [2.75, 3.05) is 40.9 Å². The molecule has 0 aromatic heterocycles. The van der Waals surface area contributed by atoms with Gasteiger partial charge in [0, 0.05) is 6.42 Å². The monoisotopic (exact) mass is 851 g/mol. The van der Waals surface area contributed by atoms with Crippen LogP contribution >= 0.6 is 7.82 Å². The summed E-state index contributed by atoms with van der Waals surface area (Å²) in [4.78, 5) is 25.3. The Balaban J connectivity index is 4.41. The second kappa shape index (κ2) is 41.8. The van der Waals surface area contributed by atoms with Gasteiger partial charge in [-0.15, -0.1) is 0 Å². The fourth-order valence-corrected chi connectivity index (χ4v) is 7.55. The molecule has 9 heteroatoms. The molecule has 3 unspecified atom stereocenters. The van der Waals surface area contributed by atoms with E-state index in [9.17, 15) is 19.4 Å². The topological polar surface area (TPSA) is 108 Å². The predicted octanol–water partition coefficient (Wildman–Crippen LogP) is 13.4. The summed E-state index contributed by atoms with van der Waals surface area (Å²) in [5, 5.41) is 13.8.